The molecule has 2 aromatic carbocycles. The number of imidazole rings is 2. The number of hydrogen-bond acceptors (Lipinski definition) is 13. The predicted octanol–water partition coefficient (Wildman–Crippen LogP) is 9.84. The van der Waals surface area contributed by atoms with Crippen molar-refractivity contribution in [1.29, 1.82) is 3.84 Å². The number of H-pyrrole nitrogens is 2. The molecule has 6 aromatic heterocycles. The second-order valence-electron chi connectivity index (χ2n) is 16.2. The van der Waals surface area contributed by atoms with Gasteiger partial charge in [-0.2, -0.15) is 9.73 Å². The molecular weight excluding hydrogens is 884 g/mol. The van der Waals surface area contributed by atoms with Crippen molar-refractivity contribution >= 4 is 55.0 Å². The average molecular weight is 949 g/mol. The Morgan fingerprint density at radius 2 is 1.16 bits per heavy atom. The van der Waals surface area contributed by atoms with E-state index < -0.39 is 15.7 Å². The third kappa shape index (κ3) is 15.4. The topological polar surface area (TPSA) is 262 Å². The minimum absolute atomic E-state index is 0.0549. The van der Waals surface area contributed by atoms with Crippen molar-refractivity contribution in [3.8, 4) is 22.5 Å². The highest BCUT2D eigenvalue weighted by Gasteiger charge is 2.18. The summed E-state index contributed by atoms with van der Waals surface area (Å²) in [6, 6.07) is 20.0. The summed E-state index contributed by atoms with van der Waals surface area (Å²) < 4.78 is 28.0. The standard InChI is InChI=1S/C25H27N5O3.C23H25N5O2.C2H4O2.H3P/c1-16-8-9-18-14-19(10-11-20(18)28-16)22-15-27-24(30-22)21(29-17(2)31)6-4-3-5-7-23(32)25-26-12-13-33-25;1-15-7-8-16-13-17(9-10-19(16)27-15)20-14-26-22(28-20)18(24)5-3-2-4-6-21(29)23-25-11-12-30-23;1-2(3)4;/h8-15,21H,3-7H2,1-2H3,(H,27,30)(H,29,31);7-14,18H,2-6,24H2,1H3,(H,26,28);1H3,(H,3,4);1H3/t21-;18-;;/m00../s1/i;;;1T3. The van der Waals surface area contributed by atoms with E-state index in [1.807, 2.05) is 56.4 Å². The van der Waals surface area contributed by atoms with Crippen molar-refractivity contribution < 1.29 is 33.1 Å². The van der Waals surface area contributed by atoms with Crippen LogP contribution in [-0.2, 0) is 9.59 Å². The molecule has 0 aliphatic rings. The first-order chi connectivity index (χ1) is 34.1. The number of amides is 1. The van der Waals surface area contributed by atoms with E-state index in [9.17, 15) is 14.4 Å². The maximum absolute atomic E-state index is 12.0. The number of aryl methyl sites for hydroxylation is 2. The molecule has 2 atom stereocenters. The van der Waals surface area contributed by atoms with Crippen LogP contribution in [0.15, 0.2) is 107 Å². The molecule has 0 bridgehead atoms. The van der Waals surface area contributed by atoms with Crippen molar-refractivity contribution in [1.82, 2.24) is 45.2 Å². The van der Waals surface area contributed by atoms with Crippen molar-refractivity contribution in [3.63, 3.8) is 0 Å². The molecule has 1 amide bonds. The van der Waals surface area contributed by atoms with Gasteiger partial charge in [-0.05, 0) is 75.9 Å². The molecule has 0 aliphatic heterocycles. The Labute approximate surface area is 401 Å². The van der Waals surface area contributed by atoms with Gasteiger partial charge in [0.05, 0.1) is 63.1 Å². The summed E-state index contributed by atoms with van der Waals surface area (Å²) in [7, 11) is -1.87. The molecule has 0 spiro atoms. The molecule has 0 saturated carbocycles. The number of carbonyl (C=O) groups excluding carboxylic acids is 3. The molecule has 68 heavy (non-hydrogen) atoms. The number of Topliss-reactive ketones (excluding diaryl/α,β-unsaturated/α-hetero) is 2. The average Bonchev–Trinajstić information content (AvgIpc) is 4.19. The summed E-state index contributed by atoms with van der Waals surface area (Å²) in [5.41, 5.74) is 14.2. The Morgan fingerprint density at radius 3 is 1.63 bits per heavy atom. The third-order valence-corrected chi connectivity index (χ3v) is 10.7. The van der Waals surface area contributed by atoms with Gasteiger partial charge >= 0.3 is 0 Å². The van der Waals surface area contributed by atoms with Crippen LogP contribution < -0.4 is 11.1 Å². The van der Waals surface area contributed by atoms with Gasteiger partial charge in [0.15, 0.2) is 0 Å². The maximum Gasteiger partial charge on any atom is 0.300 e. The number of unbranched alkanes of at least 4 members (excludes halogenated alkanes) is 4. The highest BCUT2D eigenvalue weighted by Crippen LogP contribution is 2.27. The van der Waals surface area contributed by atoms with Crippen LogP contribution >= 0.6 is 9.73 Å². The van der Waals surface area contributed by atoms with E-state index in [1.165, 1.54) is 31.8 Å². The van der Waals surface area contributed by atoms with Crippen molar-refractivity contribution in [2.45, 2.75) is 104 Å². The van der Waals surface area contributed by atoms with Crippen LogP contribution in [0.1, 0.15) is 135 Å². The second kappa shape index (κ2) is 25.6. The number of ketones is 2. The minimum Gasteiger partial charge on any atom is -0.481 e. The monoisotopic (exact) mass is 948 g/mol. The van der Waals surface area contributed by atoms with E-state index in [2.05, 4.69) is 69.5 Å². The van der Waals surface area contributed by atoms with Crippen LogP contribution in [0.4, 0.5) is 0 Å². The number of aromatic amines is 2. The van der Waals surface area contributed by atoms with Gasteiger partial charge in [0.1, 0.15) is 24.2 Å². The molecule has 18 heteroatoms. The highest BCUT2D eigenvalue weighted by molar-refractivity contribution is 6.92. The first-order valence-electron chi connectivity index (χ1n) is 23.6. The zero-order valence-corrected chi connectivity index (χ0v) is 39.5. The molecule has 0 fully saturated rings. The van der Waals surface area contributed by atoms with Crippen molar-refractivity contribution in [2.75, 3.05) is 0 Å². The molecule has 8 rings (SSSR count). The van der Waals surface area contributed by atoms with Gasteiger partial charge in [-0.3, -0.25) is 29.1 Å². The van der Waals surface area contributed by atoms with E-state index >= 15 is 0 Å². The number of carboxylic acid groups (broad SMARTS) is 1. The molecule has 356 valence electrons. The SMILES string of the molecule is CC(=O)N[C@@H](CCCCCC(=O)c1ncco1)c1ncc(-c2ccc3nc(C)ccc3c2)[nH]1.CC(=O)O.Cc1ccc2cc(-c3cnc([C@@H](N)CCCCCC(=O)c4ncco4)[nH]3)ccc2n1.[3H]P([3H])[3H]. The first kappa shape index (κ1) is 47.3. The Balaban J connectivity index is 0.000000230. The summed E-state index contributed by atoms with van der Waals surface area (Å²) >= 11 is 0. The number of rotatable bonds is 19. The fourth-order valence-electron chi connectivity index (χ4n) is 7.36. The van der Waals surface area contributed by atoms with Crippen molar-refractivity contribution in [2.24, 2.45) is 5.73 Å². The second-order valence-corrected chi connectivity index (χ2v) is 16.2. The Morgan fingerprint density at radius 1 is 0.691 bits per heavy atom. The van der Waals surface area contributed by atoms with Gasteiger partial charge in [0.25, 0.3) is 17.8 Å². The molecule has 0 aliphatic carbocycles. The fraction of sp³-hybridized carbons (Fsp3) is 0.320. The third-order valence-electron chi connectivity index (χ3n) is 10.7. The molecule has 17 nitrogen and oxygen atoms in total. The van der Waals surface area contributed by atoms with E-state index in [0.29, 0.717) is 12.8 Å². The van der Waals surface area contributed by atoms with Gasteiger partial charge in [0.2, 0.25) is 17.5 Å². The Kier molecular flexibility index (Phi) is 17.8. The number of nitrogens with one attached hydrogen (secondary N) is 3. The summed E-state index contributed by atoms with van der Waals surface area (Å²) in [6.07, 6.45) is 16.8. The van der Waals surface area contributed by atoms with Crippen LogP contribution in [0.5, 0.6) is 0 Å². The lowest BCUT2D eigenvalue weighted by Crippen LogP contribution is -2.26. The number of nitrogens with zero attached hydrogens (tertiary/aromatic N) is 6. The van der Waals surface area contributed by atoms with Gasteiger partial charge in [-0.1, -0.05) is 49.9 Å². The molecule has 6 N–H and O–H groups in total. The molecule has 8 aromatic rings. The first-order valence-corrected chi connectivity index (χ1v) is 22.3. The van der Waals surface area contributed by atoms with Gasteiger partial charge in [-0.25, -0.2) is 19.9 Å². The summed E-state index contributed by atoms with van der Waals surface area (Å²) in [5, 5.41) is 12.6. The van der Waals surface area contributed by atoms with Crippen LogP contribution in [0.2, 0.25) is 0 Å². The number of fused-ring (bicyclic) bond motifs is 2. The number of carboxylic acids is 1. The van der Waals surface area contributed by atoms with Crippen LogP contribution in [-0.4, -0.2) is 72.3 Å². The van der Waals surface area contributed by atoms with E-state index in [4.69, 9.17) is 28.3 Å². The van der Waals surface area contributed by atoms with Gasteiger partial charge in [0, 0.05) is 60.0 Å². The molecule has 0 radical (unpaired) electrons. The normalized spacial score (nSPS) is 12.2. The minimum atomic E-state index is -1.87. The van der Waals surface area contributed by atoms with Crippen LogP contribution in [0, 0.1) is 13.8 Å². The fourth-order valence-corrected chi connectivity index (χ4v) is 7.36. The highest BCUT2D eigenvalue weighted by atomic mass is 31.0. The lowest BCUT2D eigenvalue weighted by Gasteiger charge is -2.15. The smallest absolute Gasteiger partial charge is 0.300 e. The summed E-state index contributed by atoms with van der Waals surface area (Å²) in [5.74, 6) is 0.768. The number of carbonyl (C=O) groups is 4. The zero-order chi connectivity index (χ0) is 51.3. The van der Waals surface area contributed by atoms with E-state index in [1.54, 1.807) is 6.20 Å². The number of aliphatic carboxylic acids is 1. The zero-order valence-electron chi connectivity index (χ0n) is 41.6. The lowest BCUT2D eigenvalue weighted by atomic mass is 10.1. The number of benzene rings is 2. The molecule has 0 saturated heterocycles. The van der Waals surface area contributed by atoms with Gasteiger partial charge in [-0.15, -0.1) is 0 Å². The number of pyridine rings is 2. The molecule has 6 heterocycles. The van der Waals surface area contributed by atoms with Crippen LogP contribution in [0.3, 0.4) is 0 Å². The van der Waals surface area contributed by atoms with E-state index in [-0.39, 0.29) is 41.3 Å². The largest absolute Gasteiger partial charge is 0.481 e. The maximum atomic E-state index is 12.0. The number of nitrogens with two attached hydrogens (primary N) is 1. The summed E-state index contributed by atoms with van der Waals surface area (Å²) in [4.78, 5) is 77.2. The number of oxazole rings is 2. The van der Waals surface area contributed by atoms with E-state index in [0.717, 1.165) is 126 Å². The van der Waals surface area contributed by atoms with Crippen LogP contribution in [0.25, 0.3) is 44.3 Å². The lowest BCUT2D eigenvalue weighted by molar-refractivity contribution is -0.134. The van der Waals surface area contributed by atoms with Crippen molar-refractivity contribution in [3.05, 3.63) is 133 Å². The number of aromatic nitrogens is 8. The Hall–Kier alpha value is -7.23. The quantitative estimate of drug-likeness (QED) is 0.0287. The van der Waals surface area contributed by atoms with Gasteiger partial charge < -0.3 is 35.0 Å². The summed E-state index contributed by atoms with van der Waals surface area (Å²) in [6.45, 7) is 6.55. The predicted molar refractivity (Wildman–Crippen MR) is 264 cm³/mol. The Bertz CT molecular complexity index is 2940. The molecule has 0 unspecified atom stereocenters. The number of hydrogen-bond donors (Lipinski definition) is 5. The molecular formula is C50H59N10O7P.